The van der Waals surface area contributed by atoms with Gasteiger partial charge < -0.3 is 10.4 Å². The van der Waals surface area contributed by atoms with Gasteiger partial charge in [-0.25, -0.2) is 13.6 Å². The first-order valence-electron chi connectivity index (χ1n) is 8.49. The molecule has 2 rings (SSSR count). The van der Waals surface area contributed by atoms with E-state index >= 15 is 0 Å². The lowest BCUT2D eigenvalue weighted by Crippen LogP contribution is -2.55. The SMILES string of the molecule is C[C@]1(CO)CCCCN1CC(=O)NCCc1ccc(S(N)(=O)=O)cc1. The van der Waals surface area contributed by atoms with Gasteiger partial charge in [-0.1, -0.05) is 18.6 Å². The Balaban J connectivity index is 1.80. The molecule has 1 aliphatic heterocycles. The second-order valence-corrected chi connectivity index (χ2v) is 8.38. The van der Waals surface area contributed by atoms with Crippen LogP contribution in [-0.2, 0) is 21.2 Å². The average Bonchev–Trinajstić information content (AvgIpc) is 2.57. The summed E-state index contributed by atoms with van der Waals surface area (Å²) in [5, 5.41) is 17.6. The Kier molecular flexibility index (Phi) is 6.56. The largest absolute Gasteiger partial charge is 0.394 e. The van der Waals surface area contributed by atoms with E-state index in [0.29, 0.717) is 13.0 Å². The third kappa shape index (κ3) is 5.50. The van der Waals surface area contributed by atoms with Crippen LogP contribution in [0.15, 0.2) is 29.2 Å². The molecule has 0 spiro atoms. The van der Waals surface area contributed by atoms with E-state index < -0.39 is 10.0 Å². The van der Waals surface area contributed by atoms with Crippen molar-refractivity contribution in [2.45, 2.75) is 43.0 Å². The summed E-state index contributed by atoms with van der Waals surface area (Å²) >= 11 is 0. The number of hydrogen-bond donors (Lipinski definition) is 3. The summed E-state index contributed by atoms with van der Waals surface area (Å²) in [7, 11) is -3.68. The van der Waals surface area contributed by atoms with Crippen LogP contribution in [0.3, 0.4) is 0 Å². The number of aliphatic hydroxyl groups excluding tert-OH is 1. The van der Waals surface area contributed by atoms with Crippen LogP contribution in [0.5, 0.6) is 0 Å². The predicted octanol–water partition coefficient (Wildman–Crippen LogP) is 0.230. The van der Waals surface area contributed by atoms with Crippen molar-refractivity contribution in [3.63, 3.8) is 0 Å². The number of aliphatic hydroxyl groups is 1. The normalized spacial score (nSPS) is 21.9. The van der Waals surface area contributed by atoms with Crippen molar-refractivity contribution in [1.29, 1.82) is 0 Å². The number of sulfonamides is 1. The van der Waals surface area contributed by atoms with Crippen LogP contribution < -0.4 is 10.5 Å². The molecule has 7 nitrogen and oxygen atoms in total. The summed E-state index contributed by atoms with van der Waals surface area (Å²) in [6.07, 6.45) is 3.62. The van der Waals surface area contributed by atoms with Crippen LogP contribution in [0, 0.1) is 0 Å². The summed E-state index contributed by atoms with van der Waals surface area (Å²) in [5.74, 6) is -0.0669. The molecule has 1 amide bonds. The Morgan fingerprint density at radius 1 is 1.32 bits per heavy atom. The molecule has 1 saturated heterocycles. The molecule has 0 aliphatic carbocycles. The van der Waals surface area contributed by atoms with Crippen molar-refractivity contribution in [1.82, 2.24) is 10.2 Å². The van der Waals surface area contributed by atoms with Gasteiger partial charge in [-0.2, -0.15) is 0 Å². The van der Waals surface area contributed by atoms with E-state index in [1.54, 1.807) is 12.1 Å². The van der Waals surface area contributed by atoms with Gasteiger partial charge in [0.05, 0.1) is 18.0 Å². The Morgan fingerprint density at radius 3 is 2.60 bits per heavy atom. The maximum atomic E-state index is 12.2. The second-order valence-electron chi connectivity index (χ2n) is 6.82. The number of hydrogen-bond acceptors (Lipinski definition) is 5. The highest BCUT2D eigenvalue weighted by Gasteiger charge is 2.34. The number of primary sulfonamides is 1. The highest BCUT2D eigenvalue weighted by molar-refractivity contribution is 7.89. The molecule has 0 unspecified atom stereocenters. The predicted molar refractivity (Wildman–Crippen MR) is 95.4 cm³/mol. The first kappa shape index (κ1) is 19.8. The van der Waals surface area contributed by atoms with E-state index in [2.05, 4.69) is 5.32 Å². The number of likely N-dealkylation sites (tertiary alicyclic amines) is 1. The molecular weight excluding hydrogens is 342 g/mol. The highest BCUT2D eigenvalue weighted by atomic mass is 32.2. The third-order valence-corrected chi connectivity index (χ3v) is 5.75. The van der Waals surface area contributed by atoms with Gasteiger partial charge in [0.25, 0.3) is 0 Å². The standard InChI is InChI=1S/C17H27N3O4S/c1-17(13-21)9-2-3-11-20(17)12-16(22)19-10-8-14-4-6-15(7-5-14)25(18,23)24/h4-7,21H,2-3,8-13H2,1H3,(H,19,22)(H2,18,23,24)/t17-/m1/s1. The molecule has 1 atom stereocenters. The number of carbonyl (C=O) groups excluding carboxylic acids is 1. The van der Waals surface area contributed by atoms with E-state index in [4.69, 9.17) is 5.14 Å². The van der Waals surface area contributed by atoms with Crippen LogP contribution in [0.2, 0.25) is 0 Å². The number of benzene rings is 1. The van der Waals surface area contributed by atoms with Gasteiger partial charge in [0.1, 0.15) is 0 Å². The van der Waals surface area contributed by atoms with Crippen molar-refractivity contribution in [2.75, 3.05) is 26.2 Å². The van der Waals surface area contributed by atoms with E-state index in [1.165, 1.54) is 12.1 Å². The van der Waals surface area contributed by atoms with E-state index in [-0.39, 0.29) is 29.5 Å². The first-order chi connectivity index (χ1) is 11.7. The molecule has 1 aromatic rings. The van der Waals surface area contributed by atoms with Gasteiger partial charge in [0, 0.05) is 12.1 Å². The van der Waals surface area contributed by atoms with Crippen LogP contribution in [0.1, 0.15) is 31.7 Å². The number of piperidine rings is 1. The minimum Gasteiger partial charge on any atom is -0.394 e. The quantitative estimate of drug-likeness (QED) is 0.637. The van der Waals surface area contributed by atoms with Gasteiger partial charge in [0.2, 0.25) is 15.9 Å². The minimum atomic E-state index is -3.68. The van der Waals surface area contributed by atoms with Crippen molar-refractivity contribution in [3.05, 3.63) is 29.8 Å². The van der Waals surface area contributed by atoms with E-state index in [1.807, 2.05) is 11.8 Å². The first-order valence-corrected chi connectivity index (χ1v) is 10.0. The second kappa shape index (κ2) is 8.27. The topological polar surface area (TPSA) is 113 Å². The fourth-order valence-electron chi connectivity index (χ4n) is 3.11. The Hall–Kier alpha value is -1.48. The molecule has 0 radical (unpaired) electrons. The maximum absolute atomic E-state index is 12.2. The van der Waals surface area contributed by atoms with Crippen LogP contribution in [0.25, 0.3) is 0 Å². The third-order valence-electron chi connectivity index (χ3n) is 4.82. The van der Waals surface area contributed by atoms with Crippen molar-refractivity contribution in [2.24, 2.45) is 5.14 Å². The molecule has 1 aliphatic rings. The van der Waals surface area contributed by atoms with Gasteiger partial charge in [-0.3, -0.25) is 9.69 Å². The number of nitrogens with one attached hydrogen (secondary N) is 1. The lowest BCUT2D eigenvalue weighted by Gasteiger charge is -2.43. The Morgan fingerprint density at radius 2 is 2.00 bits per heavy atom. The number of amides is 1. The molecule has 0 bridgehead atoms. The van der Waals surface area contributed by atoms with Gasteiger partial charge in [0.15, 0.2) is 0 Å². The molecule has 1 heterocycles. The molecule has 0 aromatic heterocycles. The van der Waals surface area contributed by atoms with Crippen LogP contribution in [-0.4, -0.2) is 56.1 Å². The van der Waals surface area contributed by atoms with E-state index in [0.717, 1.165) is 31.4 Å². The van der Waals surface area contributed by atoms with Crippen LogP contribution >= 0.6 is 0 Å². The molecule has 8 heteroatoms. The molecular formula is C17H27N3O4S. The lowest BCUT2D eigenvalue weighted by atomic mass is 9.89. The molecule has 4 N–H and O–H groups in total. The zero-order valence-corrected chi connectivity index (χ0v) is 15.4. The Labute approximate surface area is 149 Å². The zero-order valence-electron chi connectivity index (χ0n) is 14.6. The summed E-state index contributed by atoms with van der Waals surface area (Å²) in [6.45, 7) is 3.61. The summed E-state index contributed by atoms with van der Waals surface area (Å²) < 4.78 is 22.4. The average molecular weight is 369 g/mol. The monoisotopic (exact) mass is 369 g/mol. The number of carbonyl (C=O) groups is 1. The zero-order chi connectivity index (χ0) is 18.5. The minimum absolute atomic E-state index is 0.0523. The van der Waals surface area contributed by atoms with Crippen molar-refractivity contribution < 1.29 is 18.3 Å². The van der Waals surface area contributed by atoms with Gasteiger partial charge in [-0.15, -0.1) is 0 Å². The molecule has 25 heavy (non-hydrogen) atoms. The highest BCUT2D eigenvalue weighted by Crippen LogP contribution is 2.26. The summed E-state index contributed by atoms with van der Waals surface area (Å²) in [5.41, 5.74) is 0.602. The van der Waals surface area contributed by atoms with Gasteiger partial charge >= 0.3 is 0 Å². The molecule has 0 saturated carbocycles. The molecule has 140 valence electrons. The Bertz CT molecular complexity index is 690. The van der Waals surface area contributed by atoms with Crippen molar-refractivity contribution >= 4 is 15.9 Å². The molecule has 1 fully saturated rings. The lowest BCUT2D eigenvalue weighted by molar-refractivity contribution is -0.125. The smallest absolute Gasteiger partial charge is 0.238 e. The fraction of sp³-hybridized carbons (Fsp3) is 0.588. The number of nitrogens with zero attached hydrogens (tertiary/aromatic N) is 1. The summed E-state index contributed by atoms with van der Waals surface area (Å²) in [4.78, 5) is 14.3. The fourth-order valence-corrected chi connectivity index (χ4v) is 3.62. The number of rotatable bonds is 7. The number of nitrogens with two attached hydrogens (primary N) is 1. The van der Waals surface area contributed by atoms with Crippen LogP contribution in [0.4, 0.5) is 0 Å². The summed E-state index contributed by atoms with van der Waals surface area (Å²) in [6, 6.07) is 6.32. The van der Waals surface area contributed by atoms with Crippen molar-refractivity contribution in [3.8, 4) is 0 Å². The maximum Gasteiger partial charge on any atom is 0.238 e. The van der Waals surface area contributed by atoms with Gasteiger partial charge in [-0.05, 0) is 50.4 Å². The molecule has 1 aromatic carbocycles. The van der Waals surface area contributed by atoms with E-state index in [9.17, 15) is 18.3 Å².